The Morgan fingerprint density at radius 2 is 2.44 bits per heavy atom. The summed E-state index contributed by atoms with van der Waals surface area (Å²) in [5.74, 6) is 0.600. The normalized spacial score (nSPS) is 9.89. The van der Waals surface area contributed by atoms with E-state index in [9.17, 15) is 0 Å². The Morgan fingerprint density at radius 1 is 1.67 bits per heavy atom. The smallest absolute Gasteiger partial charge is 0.134 e. The largest absolute Gasteiger partial charge is 0.383 e. The van der Waals surface area contributed by atoms with Crippen LogP contribution in [0.5, 0.6) is 0 Å². The van der Waals surface area contributed by atoms with Gasteiger partial charge in [0.05, 0.1) is 5.01 Å². The van der Waals surface area contributed by atoms with Gasteiger partial charge in [-0.25, -0.2) is 4.98 Å². The molecule has 3 nitrogen and oxygen atoms in total. The van der Waals surface area contributed by atoms with Crippen LogP contribution in [0, 0.1) is 0 Å². The number of rotatable bonds is 2. The van der Waals surface area contributed by atoms with Crippen LogP contribution >= 0.6 is 11.3 Å². The highest BCUT2D eigenvalue weighted by Crippen LogP contribution is 2.10. The Balaban J connectivity index is 2.61. The molecular weight excluding hydrogens is 134 g/mol. The Bertz CT molecular complexity index is 184. The SMILES string of the molecule is NCCc1nc(N)cs1. The van der Waals surface area contributed by atoms with Crippen LogP contribution in [0.2, 0.25) is 0 Å². The molecule has 50 valence electrons. The lowest BCUT2D eigenvalue weighted by molar-refractivity contribution is 0.955. The first-order chi connectivity index (χ1) is 4.33. The summed E-state index contributed by atoms with van der Waals surface area (Å²) in [5, 5.41) is 2.85. The first kappa shape index (κ1) is 6.51. The molecule has 4 N–H and O–H groups in total. The molecule has 0 aliphatic carbocycles. The number of nitrogens with zero attached hydrogens (tertiary/aromatic N) is 1. The van der Waals surface area contributed by atoms with Crippen LogP contribution in [-0.4, -0.2) is 11.5 Å². The average molecular weight is 143 g/mol. The van der Waals surface area contributed by atoms with Gasteiger partial charge in [-0.2, -0.15) is 0 Å². The maximum Gasteiger partial charge on any atom is 0.134 e. The molecule has 0 aromatic carbocycles. The van der Waals surface area contributed by atoms with Crippen molar-refractivity contribution in [1.82, 2.24) is 4.98 Å². The van der Waals surface area contributed by atoms with Crippen molar-refractivity contribution in [2.45, 2.75) is 6.42 Å². The molecule has 1 rings (SSSR count). The minimum Gasteiger partial charge on any atom is -0.383 e. The zero-order valence-electron chi connectivity index (χ0n) is 5.00. The summed E-state index contributed by atoms with van der Waals surface area (Å²) in [6, 6.07) is 0. The van der Waals surface area contributed by atoms with Gasteiger partial charge in [-0.05, 0) is 6.54 Å². The van der Waals surface area contributed by atoms with Crippen LogP contribution in [0.25, 0.3) is 0 Å². The van der Waals surface area contributed by atoms with Gasteiger partial charge in [0.2, 0.25) is 0 Å². The monoisotopic (exact) mass is 143 g/mol. The standard InChI is InChI=1S/C5H9N3S/c6-2-1-5-8-4(7)3-9-5/h3H,1-2,6-7H2. The second kappa shape index (κ2) is 2.80. The van der Waals surface area contributed by atoms with E-state index in [2.05, 4.69) is 4.98 Å². The lowest BCUT2D eigenvalue weighted by Crippen LogP contribution is -2.02. The second-order valence-corrected chi connectivity index (χ2v) is 2.65. The predicted octanol–water partition coefficient (Wildman–Crippen LogP) is 0.227. The quantitative estimate of drug-likeness (QED) is 0.622. The highest BCUT2D eigenvalue weighted by molar-refractivity contribution is 7.10. The summed E-state index contributed by atoms with van der Waals surface area (Å²) < 4.78 is 0. The molecule has 0 amide bonds. The molecule has 0 atom stereocenters. The number of hydrogen-bond donors (Lipinski definition) is 2. The van der Waals surface area contributed by atoms with E-state index in [1.165, 1.54) is 0 Å². The first-order valence-electron chi connectivity index (χ1n) is 2.73. The lowest BCUT2D eigenvalue weighted by atomic mass is 10.5. The molecule has 4 heteroatoms. The minimum absolute atomic E-state index is 0.600. The van der Waals surface area contributed by atoms with Crippen LogP contribution in [0.15, 0.2) is 5.38 Å². The van der Waals surface area contributed by atoms with Crippen LogP contribution < -0.4 is 11.5 Å². The van der Waals surface area contributed by atoms with Gasteiger partial charge in [-0.15, -0.1) is 11.3 Å². The van der Waals surface area contributed by atoms with E-state index < -0.39 is 0 Å². The van der Waals surface area contributed by atoms with Gasteiger partial charge in [0.15, 0.2) is 0 Å². The van der Waals surface area contributed by atoms with Gasteiger partial charge in [-0.3, -0.25) is 0 Å². The van der Waals surface area contributed by atoms with E-state index in [0.717, 1.165) is 11.4 Å². The highest BCUT2D eigenvalue weighted by Gasteiger charge is 1.94. The van der Waals surface area contributed by atoms with E-state index in [4.69, 9.17) is 11.5 Å². The Labute approximate surface area is 57.7 Å². The van der Waals surface area contributed by atoms with Crippen molar-refractivity contribution in [1.29, 1.82) is 0 Å². The third-order valence-electron chi connectivity index (χ3n) is 0.928. The zero-order valence-corrected chi connectivity index (χ0v) is 5.82. The van der Waals surface area contributed by atoms with Gasteiger partial charge in [-0.1, -0.05) is 0 Å². The third-order valence-corrected chi connectivity index (χ3v) is 1.85. The van der Waals surface area contributed by atoms with Crippen molar-refractivity contribution in [3.05, 3.63) is 10.4 Å². The number of anilines is 1. The minimum atomic E-state index is 0.600. The fourth-order valence-electron chi connectivity index (χ4n) is 0.563. The average Bonchev–Trinajstić information content (AvgIpc) is 2.17. The van der Waals surface area contributed by atoms with Crippen molar-refractivity contribution in [2.75, 3.05) is 12.3 Å². The number of aromatic nitrogens is 1. The Morgan fingerprint density at radius 3 is 2.89 bits per heavy atom. The molecule has 0 bridgehead atoms. The summed E-state index contributed by atoms with van der Waals surface area (Å²) in [7, 11) is 0. The molecule has 0 spiro atoms. The van der Waals surface area contributed by atoms with Crippen molar-refractivity contribution < 1.29 is 0 Å². The fourth-order valence-corrected chi connectivity index (χ4v) is 1.27. The highest BCUT2D eigenvalue weighted by atomic mass is 32.1. The molecule has 0 unspecified atom stereocenters. The molecular formula is C5H9N3S. The van der Waals surface area contributed by atoms with Crippen LogP contribution in [0.4, 0.5) is 5.82 Å². The molecule has 9 heavy (non-hydrogen) atoms. The molecule has 0 radical (unpaired) electrons. The molecule has 0 fully saturated rings. The zero-order chi connectivity index (χ0) is 6.69. The molecule has 0 saturated carbocycles. The summed E-state index contributed by atoms with van der Waals surface area (Å²) in [6.45, 7) is 0.646. The number of thiazole rings is 1. The molecule has 0 saturated heterocycles. The number of nitrogen functional groups attached to an aromatic ring is 1. The molecule has 1 aromatic heterocycles. The molecule has 1 heterocycles. The lowest BCUT2D eigenvalue weighted by Gasteiger charge is -1.85. The maximum absolute atomic E-state index is 5.37. The van der Waals surface area contributed by atoms with Gasteiger partial charge < -0.3 is 11.5 Å². The summed E-state index contributed by atoms with van der Waals surface area (Å²) in [4.78, 5) is 4.02. The third kappa shape index (κ3) is 1.65. The van der Waals surface area contributed by atoms with E-state index in [-0.39, 0.29) is 0 Å². The van der Waals surface area contributed by atoms with E-state index in [1.807, 2.05) is 5.38 Å². The van der Waals surface area contributed by atoms with Gasteiger partial charge in [0, 0.05) is 11.8 Å². The predicted molar refractivity (Wildman–Crippen MR) is 39.3 cm³/mol. The summed E-state index contributed by atoms with van der Waals surface area (Å²) in [5.41, 5.74) is 10.7. The van der Waals surface area contributed by atoms with Gasteiger partial charge >= 0.3 is 0 Å². The van der Waals surface area contributed by atoms with Crippen molar-refractivity contribution >= 4 is 17.2 Å². The molecule has 0 aliphatic rings. The first-order valence-corrected chi connectivity index (χ1v) is 3.61. The summed E-state index contributed by atoms with van der Waals surface area (Å²) in [6.07, 6.45) is 0.835. The van der Waals surface area contributed by atoms with Crippen molar-refractivity contribution in [3.63, 3.8) is 0 Å². The Hall–Kier alpha value is -0.610. The van der Waals surface area contributed by atoms with E-state index in [0.29, 0.717) is 12.4 Å². The van der Waals surface area contributed by atoms with Gasteiger partial charge in [0.25, 0.3) is 0 Å². The van der Waals surface area contributed by atoms with Crippen LogP contribution in [-0.2, 0) is 6.42 Å². The second-order valence-electron chi connectivity index (χ2n) is 1.70. The molecule has 0 aliphatic heterocycles. The van der Waals surface area contributed by atoms with E-state index in [1.54, 1.807) is 11.3 Å². The van der Waals surface area contributed by atoms with Crippen LogP contribution in [0.3, 0.4) is 0 Å². The Kier molecular flexibility index (Phi) is 2.02. The molecule has 1 aromatic rings. The summed E-state index contributed by atoms with van der Waals surface area (Å²) >= 11 is 1.56. The van der Waals surface area contributed by atoms with Crippen LogP contribution in [0.1, 0.15) is 5.01 Å². The number of nitrogens with two attached hydrogens (primary N) is 2. The van der Waals surface area contributed by atoms with Gasteiger partial charge in [0.1, 0.15) is 5.82 Å². The fraction of sp³-hybridized carbons (Fsp3) is 0.400. The maximum atomic E-state index is 5.37. The topological polar surface area (TPSA) is 64.9 Å². The van der Waals surface area contributed by atoms with Crippen molar-refractivity contribution in [3.8, 4) is 0 Å². The van der Waals surface area contributed by atoms with Crippen molar-refractivity contribution in [2.24, 2.45) is 5.73 Å². The number of hydrogen-bond acceptors (Lipinski definition) is 4. The van der Waals surface area contributed by atoms with E-state index >= 15 is 0 Å².